The van der Waals surface area contributed by atoms with Crippen molar-refractivity contribution in [1.29, 1.82) is 0 Å². The van der Waals surface area contributed by atoms with Crippen molar-refractivity contribution in [3.63, 3.8) is 0 Å². The third-order valence-corrected chi connectivity index (χ3v) is 8.09. The van der Waals surface area contributed by atoms with Crippen LogP contribution in [0.5, 0.6) is 0 Å². The second-order valence-corrected chi connectivity index (χ2v) is 10.2. The first-order valence-corrected chi connectivity index (χ1v) is 12.7. The summed E-state index contributed by atoms with van der Waals surface area (Å²) in [5.74, 6) is 1.36. The van der Waals surface area contributed by atoms with Crippen LogP contribution in [0.2, 0.25) is 0 Å². The Morgan fingerprint density at radius 3 is 2.00 bits per heavy atom. The summed E-state index contributed by atoms with van der Waals surface area (Å²) in [6.07, 6.45) is 5.14. The fraction of sp³-hybridized carbons (Fsp3) is 0.950. The van der Waals surface area contributed by atoms with Gasteiger partial charge < -0.3 is 25.2 Å². The van der Waals surface area contributed by atoms with Gasteiger partial charge in [-0.15, -0.1) is 23.5 Å². The number of esters is 1. The van der Waals surface area contributed by atoms with E-state index in [1.54, 1.807) is 0 Å². The Morgan fingerprint density at radius 2 is 1.43 bits per heavy atom. The lowest BCUT2D eigenvalue weighted by molar-refractivity contribution is -0.154. The molecule has 0 aliphatic carbocycles. The van der Waals surface area contributed by atoms with Gasteiger partial charge in [0.2, 0.25) is 0 Å². The van der Waals surface area contributed by atoms with Crippen molar-refractivity contribution >= 4 is 29.5 Å². The van der Waals surface area contributed by atoms with Crippen LogP contribution in [0.15, 0.2) is 0 Å². The molecule has 0 radical (unpaired) electrons. The zero-order valence-corrected chi connectivity index (χ0v) is 18.6. The summed E-state index contributed by atoms with van der Waals surface area (Å²) in [6, 6.07) is 0. The quantitative estimate of drug-likeness (QED) is 0.215. The summed E-state index contributed by atoms with van der Waals surface area (Å²) in [6.45, 7) is 1.82. The molecule has 8 heteroatoms. The molecule has 0 bridgehead atoms. The van der Waals surface area contributed by atoms with Gasteiger partial charge in [0.05, 0.1) is 4.58 Å². The highest BCUT2D eigenvalue weighted by atomic mass is 32.2. The average molecular weight is 439 g/mol. The van der Waals surface area contributed by atoms with Gasteiger partial charge in [-0.05, 0) is 6.42 Å². The van der Waals surface area contributed by atoms with Crippen molar-refractivity contribution in [3.05, 3.63) is 0 Å². The molecule has 0 spiro atoms. The molecule has 0 aromatic carbocycles. The molecule has 0 amide bonds. The number of hydrogen-bond acceptors (Lipinski definition) is 8. The number of unbranched alkanes of at least 4 members (excludes halogenated alkanes) is 8. The van der Waals surface area contributed by atoms with E-state index in [9.17, 15) is 25.2 Å². The second-order valence-electron chi connectivity index (χ2n) is 7.41. The zero-order chi connectivity index (χ0) is 20.8. The molecule has 0 saturated carbocycles. The van der Waals surface area contributed by atoms with Crippen LogP contribution in [0.3, 0.4) is 0 Å². The number of ether oxygens (including phenoxy) is 1. The largest absolute Gasteiger partial charge is 0.463 e. The topological polar surface area (TPSA) is 107 Å². The Balaban J connectivity index is 2.08. The predicted molar refractivity (Wildman–Crippen MR) is 116 cm³/mol. The van der Waals surface area contributed by atoms with E-state index < -0.39 is 30.4 Å². The van der Waals surface area contributed by atoms with E-state index in [1.807, 2.05) is 0 Å². The molecule has 6 nitrogen and oxygen atoms in total. The van der Waals surface area contributed by atoms with Crippen molar-refractivity contribution < 1.29 is 30.0 Å². The summed E-state index contributed by atoms with van der Waals surface area (Å²) < 4.78 is 4.78. The maximum Gasteiger partial charge on any atom is 0.305 e. The van der Waals surface area contributed by atoms with Crippen LogP contribution in [-0.4, -0.2) is 73.5 Å². The molecule has 28 heavy (non-hydrogen) atoms. The van der Waals surface area contributed by atoms with Gasteiger partial charge in [-0.25, -0.2) is 0 Å². The normalized spacial score (nSPS) is 19.3. The number of rotatable bonds is 16. The van der Waals surface area contributed by atoms with Crippen molar-refractivity contribution in [2.45, 2.75) is 100 Å². The molecule has 1 rings (SSSR count). The van der Waals surface area contributed by atoms with Crippen LogP contribution in [-0.2, 0) is 9.53 Å². The molecule has 166 valence electrons. The molecule has 1 aliphatic heterocycles. The molecule has 0 aromatic rings. The van der Waals surface area contributed by atoms with E-state index in [-0.39, 0.29) is 11.2 Å². The standard InChI is InChI=1S/C20H38O6S2/c1-2-3-4-5-6-7-8-9-10-11-16(22)26-14-15(21)17(23)18(24)19(25)20-27-12-13-28-20/h15,17-21,23-25H,2-14H2,1H3/t15-,17-,18+,19+/m1/s1. The molecule has 0 aromatic heterocycles. The predicted octanol–water partition coefficient (Wildman–Crippen LogP) is 2.70. The number of carbonyl (C=O) groups is 1. The zero-order valence-electron chi connectivity index (χ0n) is 17.0. The minimum atomic E-state index is -1.56. The first kappa shape index (κ1) is 26.0. The monoisotopic (exact) mass is 438 g/mol. The number of thioether (sulfide) groups is 2. The maximum absolute atomic E-state index is 11.8. The van der Waals surface area contributed by atoms with Crippen LogP contribution in [0.25, 0.3) is 0 Å². The van der Waals surface area contributed by atoms with E-state index in [4.69, 9.17) is 4.74 Å². The van der Waals surface area contributed by atoms with Crippen LogP contribution in [0.4, 0.5) is 0 Å². The molecule has 1 fully saturated rings. The Morgan fingerprint density at radius 1 is 0.893 bits per heavy atom. The summed E-state index contributed by atoms with van der Waals surface area (Å²) in [5.41, 5.74) is 0. The van der Waals surface area contributed by atoms with E-state index in [2.05, 4.69) is 6.92 Å². The fourth-order valence-electron chi connectivity index (χ4n) is 3.09. The third-order valence-electron chi connectivity index (χ3n) is 4.92. The number of aliphatic hydroxyl groups is 4. The highest BCUT2D eigenvalue weighted by molar-refractivity contribution is 8.20. The molecular formula is C20H38O6S2. The number of aliphatic hydroxyl groups excluding tert-OH is 4. The Bertz CT molecular complexity index is 406. The third kappa shape index (κ3) is 10.7. The minimum Gasteiger partial charge on any atom is -0.463 e. The molecular weight excluding hydrogens is 400 g/mol. The highest BCUT2D eigenvalue weighted by Gasteiger charge is 2.37. The molecule has 1 heterocycles. The Kier molecular flexibility index (Phi) is 14.7. The smallest absolute Gasteiger partial charge is 0.305 e. The summed E-state index contributed by atoms with van der Waals surface area (Å²) in [5, 5.41) is 40.1. The van der Waals surface area contributed by atoms with Gasteiger partial charge >= 0.3 is 5.97 Å². The summed E-state index contributed by atoms with van der Waals surface area (Å²) in [7, 11) is 0. The van der Waals surface area contributed by atoms with Crippen molar-refractivity contribution in [2.75, 3.05) is 18.1 Å². The van der Waals surface area contributed by atoms with Gasteiger partial charge in [-0.1, -0.05) is 58.3 Å². The molecule has 0 unspecified atom stereocenters. The van der Waals surface area contributed by atoms with Crippen LogP contribution in [0, 0.1) is 0 Å². The Hall–Kier alpha value is 0.01000. The van der Waals surface area contributed by atoms with Gasteiger partial charge in [-0.3, -0.25) is 4.79 Å². The van der Waals surface area contributed by atoms with Crippen molar-refractivity contribution in [3.8, 4) is 0 Å². The number of hydrogen-bond donors (Lipinski definition) is 4. The van der Waals surface area contributed by atoms with E-state index in [0.717, 1.165) is 30.8 Å². The summed E-state index contributed by atoms with van der Waals surface area (Å²) >= 11 is 3.04. The van der Waals surface area contributed by atoms with Gasteiger partial charge in [0.25, 0.3) is 0 Å². The lowest BCUT2D eigenvalue weighted by Gasteiger charge is -2.28. The maximum atomic E-state index is 11.8. The van der Waals surface area contributed by atoms with Crippen LogP contribution >= 0.6 is 23.5 Å². The van der Waals surface area contributed by atoms with Gasteiger partial charge in [-0.2, -0.15) is 0 Å². The summed E-state index contributed by atoms with van der Waals surface area (Å²) in [4.78, 5) is 11.8. The lowest BCUT2D eigenvalue weighted by atomic mass is 10.0. The second kappa shape index (κ2) is 15.8. The Labute approximate surface area is 177 Å². The fourth-order valence-corrected chi connectivity index (χ4v) is 6.01. The minimum absolute atomic E-state index is 0.217. The van der Waals surface area contributed by atoms with E-state index >= 15 is 0 Å². The average Bonchev–Trinajstić information content (AvgIpc) is 3.23. The number of carbonyl (C=O) groups excluding carboxylic acids is 1. The van der Waals surface area contributed by atoms with E-state index in [1.165, 1.54) is 62.0 Å². The molecule has 1 aliphatic rings. The van der Waals surface area contributed by atoms with Gasteiger partial charge in [0.15, 0.2) is 0 Å². The van der Waals surface area contributed by atoms with Gasteiger partial charge in [0.1, 0.15) is 31.0 Å². The van der Waals surface area contributed by atoms with Gasteiger partial charge in [0, 0.05) is 17.9 Å². The molecule has 4 N–H and O–H groups in total. The van der Waals surface area contributed by atoms with E-state index in [0.29, 0.717) is 6.42 Å². The first-order chi connectivity index (χ1) is 13.5. The first-order valence-electron chi connectivity index (χ1n) is 10.6. The van der Waals surface area contributed by atoms with Crippen molar-refractivity contribution in [1.82, 2.24) is 0 Å². The van der Waals surface area contributed by atoms with Crippen LogP contribution in [0.1, 0.15) is 71.1 Å². The lowest BCUT2D eigenvalue weighted by Crippen LogP contribution is -2.48. The molecule has 4 atom stereocenters. The molecule has 1 saturated heterocycles. The van der Waals surface area contributed by atoms with Crippen LogP contribution < -0.4 is 0 Å². The highest BCUT2D eigenvalue weighted by Crippen LogP contribution is 2.35. The SMILES string of the molecule is CCCCCCCCCCCC(=O)OC[C@@H](O)[C@@H](O)[C@H](O)[C@H](O)C1SCCS1. The van der Waals surface area contributed by atoms with Crippen molar-refractivity contribution in [2.24, 2.45) is 0 Å².